The van der Waals surface area contributed by atoms with Crippen molar-refractivity contribution in [1.82, 2.24) is 0 Å². The second kappa shape index (κ2) is 9.26. The first-order valence-electron chi connectivity index (χ1n) is 12.9. The molecule has 0 N–H and O–H groups in total. The summed E-state index contributed by atoms with van der Waals surface area (Å²) in [6.07, 6.45) is 14.1. The Morgan fingerprint density at radius 1 is 0.912 bits per heavy atom. The number of allylic oxidation sites excluding steroid dienone is 5. The van der Waals surface area contributed by atoms with E-state index in [4.69, 9.17) is 0 Å². The van der Waals surface area contributed by atoms with Gasteiger partial charge in [0.15, 0.2) is 0 Å². The molecule has 0 aromatic heterocycles. The summed E-state index contributed by atoms with van der Waals surface area (Å²) in [6, 6.07) is 25.0. The zero-order chi connectivity index (χ0) is 23.7. The van der Waals surface area contributed by atoms with Crippen LogP contribution in [-0.4, -0.2) is 0 Å². The Morgan fingerprint density at radius 3 is 2.32 bits per heavy atom. The Balaban J connectivity index is 1.39. The molecular weight excluding hydrogens is 408 g/mol. The Hall–Kier alpha value is -3.12. The first kappa shape index (κ1) is 22.7. The molecule has 3 aromatic rings. The van der Waals surface area contributed by atoms with Gasteiger partial charge in [-0.05, 0) is 65.1 Å². The summed E-state index contributed by atoms with van der Waals surface area (Å²) < 4.78 is 0. The van der Waals surface area contributed by atoms with Gasteiger partial charge in [-0.1, -0.05) is 129 Å². The lowest BCUT2D eigenvalue weighted by Gasteiger charge is -2.26. The molecule has 0 nitrogen and oxygen atoms in total. The number of aryl methyl sites for hydroxylation is 1. The van der Waals surface area contributed by atoms with Gasteiger partial charge in [-0.15, -0.1) is 0 Å². The van der Waals surface area contributed by atoms with Crippen LogP contribution in [0.2, 0.25) is 0 Å². The fourth-order valence-corrected chi connectivity index (χ4v) is 5.72. The van der Waals surface area contributed by atoms with Crippen LogP contribution in [0.1, 0.15) is 80.2 Å². The summed E-state index contributed by atoms with van der Waals surface area (Å²) >= 11 is 0. The van der Waals surface area contributed by atoms with Crippen LogP contribution in [-0.2, 0) is 5.41 Å². The predicted molar refractivity (Wildman–Crippen MR) is 148 cm³/mol. The maximum absolute atomic E-state index is 2.51. The van der Waals surface area contributed by atoms with Gasteiger partial charge in [0, 0.05) is 11.3 Å². The molecule has 0 bridgehead atoms. The molecule has 0 radical (unpaired) electrons. The maximum Gasteiger partial charge on any atom is 0.0121 e. The third kappa shape index (κ3) is 4.23. The van der Waals surface area contributed by atoms with Crippen LogP contribution in [0, 0.1) is 6.92 Å². The number of fused-ring (bicyclic) bond motifs is 2. The van der Waals surface area contributed by atoms with Crippen molar-refractivity contribution in [2.45, 2.75) is 64.7 Å². The molecule has 3 aromatic carbocycles. The van der Waals surface area contributed by atoms with E-state index >= 15 is 0 Å². The van der Waals surface area contributed by atoms with Crippen molar-refractivity contribution in [3.63, 3.8) is 0 Å². The molecule has 0 heterocycles. The Bertz CT molecular complexity index is 1260. The molecule has 2 aliphatic carbocycles. The second-order valence-corrected chi connectivity index (χ2v) is 10.5. The predicted octanol–water partition coefficient (Wildman–Crippen LogP) is 9.65. The average Bonchev–Trinajstić information content (AvgIpc) is 3.09. The van der Waals surface area contributed by atoms with Crippen LogP contribution in [0.15, 0.2) is 90.5 Å². The monoisotopic (exact) mass is 444 g/mol. The van der Waals surface area contributed by atoms with Crippen molar-refractivity contribution in [2.75, 3.05) is 0 Å². The van der Waals surface area contributed by atoms with Crippen LogP contribution < -0.4 is 0 Å². The minimum atomic E-state index is 0.137. The zero-order valence-corrected chi connectivity index (χ0v) is 21.1. The van der Waals surface area contributed by atoms with Gasteiger partial charge >= 0.3 is 0 Å². The van der Waals surface area contributed by atoms with Crippen molar-refractivity contribution in [3.05, 3.63) is 118 Å². The first-order valence-corrected chi connectivity index (χ1v) is 12.9. The summed E-state index contributed by atoms with van der Waals surface area (Å²) in [4.78, 5) is 0. The van der Waals surface area contributed by atoms with Crippen LogP contribution >= 0.6 is 0 Å². The van der Waals surface area contributed by atoms with Gasteiger partial charge in [0.2, 0.25) is 0 Å². The topological polar surface area (TPSA) is 0 Å². The van der Waals surface area contributed by atoms with E-state index in [0.29, 0.717) is 5.92 Å². The maximum atomic E-state index is 2.51. The number of benzene rings is 3. The molecule has 172 valence electrons. The minimum Gasteiger partial charge on any atom is -0.0836 e. The van der Waals surface area contributed by atoms with Crippen LogP contribution in [0.5, 0.6) is 0 Å². The summed E-state index contributed by atoms with van der Waals surface area (Å²) in [5, 5.41) is 0. The molecule has 5 rings (SSSR count). The highest BCUT2D eigenvalue weighted by atomic mass is 14.4. The Kier molecular flexibility index (Phi) is 6.17. The fraction of sp³-hybridized carbons (Fsp3) is 0.294. The molecule has 34 heavy (non-hydrogen) atoms. The highest BCUT2D eigenvalue weighted by Crippen LogP contribution is 2.50. The SMILES string of the molecule is CCCC(/C=C/c1ccc(-c2ccc(C)cc2)cc1)c1ccc2c(c1)C(C)(C)C1=C2C=CCC1. The van der Waals surface area contributed by atoms with Gasteiger partial charge in [-0.3, -0.25) is 0 Å². The Morgan fingerprint density at radius 2 is 1.62 bits per heavy atom. The largest absolute Gasteiger partial charge is 0.0836 e. The van der Waals surface area contributed by atoms with Gasteiger partial charge in [-0.2, -0.15) is 0 Å². The molecule has 0 spiro atoms. The lowest BCUT2D eigenvalue weighted by molar-refractivity contribution is 0.605. The third-order valence-electron chi connectivity index (χ3n) is 7.78. The molecular formula is C34H36. The van der Waals surface area contributed by atoms with Crippen molar-refractivity contribution >= 4 is 11.6 Å². The van der Waals surface area contributed by atoms with E-state index in [1.807, 2.05) is 0 Å². The van der Waals surface area contributed by atoms with Crippen LogP contribution in [0.3, 0.4) is 0 Å². The standard InChI is InChI=1S/C34H36/c1-5-8-26(18-13-25-14-19-28(20-15-25)27-16-11-24(2)12-17-27)29-21-22-31-30-9-6-7-10-32(30)34(3,4)33(31)23-29/h6,9,11-23,26H,5,7-8,10H2,1-4H3/b18-13+. The van der Waals surface area contributed by atoms with Gasteiger partial charge in [0.1, 0.15) is 0 Å². The molecule has 2 aliphatic rings. The van der Waals surface area contributed by atoms with E-state index in [2.05, 4.69) is 119 Å². The summed E-state index contributed by atoms with van der Waals surface area (Å²) in [7, 11) is 0. The normalized spacial score (nSPS) is 17.2. The Labute approximate surface area is 205 Å². The molecule has 0 heteroatoms. The lowest BCUT2D eigenvalue weighted by Crippen LogP contribution is -2.18. The van der Waals surface area contributed by atoms with Gasteiger partial charge in [0.25, 0.3) is 0 Å². The van der Waals surface area contributed by atoms with Crippen molar-refractivity contribution < 1.29 is 0 Å². The van der Waals surface area contributed by atoms with E-state index in [0.717, 1.165) is 0 Å². The van der Waals surface area contributed by atoms with Gasteiger partial charge in [0.05, 0.1) is 0 Å². The minimum absolute atomic E-state index is 0.137. The zero-order valence-electron chi connectivity index (χ0n) is 21.1. The van der Waals surface area contributed by atoms with Crippen molar-refractivity contribution in [2.24, 2.45) is 0 Å². The highest BCUT2D eigenvalue weighted by Gasteiger charge is 2.37. The van der Waals surface area contributed by atoms with E-state index < -0.39 is 0 Å². The second-order valence-electron chi connectivity index (χ2n) is 10.5. The average molecular weight is 445 g/mol. The summed E-state index contributed by atoms with van der Waals surface area (Å²) in [6.45, 7) is 9.25. The number of rotatable bonds is 6. The fourth-order valence-electron chi connectivity index (χ4n) is 5.72. The van der Waals surface area contributed by atoms with Crippen LogP contribution in [0.25, 0.3) is 22.8 Å². The van der Waals surface area contributed by atoms with E-state index in [1.165, 1.54) is 70.2 Å². The van der Waals surface area contributed by atoms with Crippen molar-refractivity contribution in [3.8, 4) is 11.1 Å². The lowest BCUT2D eigenvalue weighted by atomic mass is 9.77. The quantitative estimate of drug-likeness (QED) is 0.355. The van der Waals surface area contributed by atoms with Crippen LogP contribution in [0.4, 0.5) is 0 Å². The number of hydrogen-bond donors (Lipinski definition) is 0. The third-order valence-corrected chi connectivity index (χ3v) is 7.78. The molecule has 1 atom stereocenters. The molecule has 0 saturated carbocycles. The van der Waals surface area contributed by atoms with Crippen molar-refractivity contribution in [1.29, 1.82) is 0 Å². The van der Waals surface area contributed by atoms with E-state index in [-0.39, 0.29) is 5.41 Å². The molecule has 0 fully saturated rings. The molecule has 1 unspecified atom stereocenters. The number of hydrogen-bond acceptors (Lipinski definition) is 0. The smallest absolute Gasteiger partial charge is 0.0121 e. The van der Waals surface area contributed by atoms with Gasteiger partial charge < -0.3 is 0 Å². The van der Waals surface area contributed by atoms with E-state index in [9.17, 15) is 0 Å². The van der Waals surface area contributed by atoms with E-state index in [1.54, 1.807) is 5.57 Å². The summed E-state index contributed by atoms with van der Waals surface area (Å²) in [5.74, 6) is 0.441. The molecule has 0 saturated heterocycles. The molecule has 0 amide bonds. The summed E-state index contributed by atoms with van der Waals surface area (Å²) in [5.41, 5.74) is 12.8. The molecule has 0 aliphatic heterocycles. The first-order chi connectivity index (χ1) is 16.5. The van der Waals surface area contributed by atoms with Gasteiger partial charge in [-0.25, -0.2) is 0 Å². The highest BCUT2D eigenvalue weighted by molar-refractivity contribution is 5.86.